The molecule has 17 heavy (non-hydrogen) atoms. The zero-order valence-electron chi connectivity index (χ0n) is 9.58. The molecule has 2 aromatic heterocycles. The number of aliphatic hydroxyl groups is 1. The highest BCUT2D eigenvalue weighted by atomic mass is 16.5. The predicted octanol–water partition coefficient (Wildman–Crippen LogP) is 0.479. The van der Waals surface area contributed by atoms with E-state index in [1.54, 1.807) is 19.5 Å². The van der Waals surface area contributed by atoms with Gasteiger partial charge < -0.3 is 14.4 Å². The van der Waals surface area contributed by atoms with Crippen LogP contribution in [-0.4, -0.2) is 38.6 Å². The van der Waals surface area contributed by atoms with Gasteiger partial charge in [-0.15, -0.1) is 10.2 Å². The first-order valence-corrected chi connectivity index (χ1v) is 5.29. The summed E-state index contributed by atoms with van der Waals surface area (Å²) in [5, 5.41) is 17.2. The van der Waals surface area contributed by atoms with Crippen molar-refractivity contribution < 1.29 is 9.84 Å². The van der Waals surface area contributed by atoms with E-state index in [2.05, 4.69) is 15.2 Å². The molecule has 0 aliphatic carbocycles. The molecule has 0 bridgehead atoms. The average Bonchev–Trinajstić information content (AvgIpc) is 2.80. The van der Waals surface area contributed by atoms with E-state index in [0.29, 0.717) is 24.8 Å². The number of methoxy groups -OCH3 is 1. The summed E-state index contributed by atoms with van der Waals surface area (Å²) in [5.74, 6) is 1.25. The van der Waals surface area contributed by atoms with E-state index in [-0.39, 0.29) is 6.61 Å². The standard InChI is InChI=1S/C11H14N4O2/c1-17-7-6-15-10(8-16)13-14-11(15)9-2-4-12-5-3-9/h2-5,16H,6-8H2,1H3. The second-order valence-corrected chi connectivity index (χ2v) is 3.48. The molecular weight excluding hydrogens is 220 g/mol. The number of nitrogens with zero attached hydrogens (tertiary/aromatic N) is 4. The molecule has 2 rings (SSSR count). The summed E-state index contributed by atoms with van der Waals surface area (Å²) in [5.41, 5.74) is 0.920. The molecule has 6 nitrogen and oxygen atoms in total. The topological polar surface area (TPSA) is 73.1 Å². The average molecular weight is 234 g/mol. The van der Waals surface area contributed by atoms with Crippen LogP contribution in [-0.2, 0) is 17.9 Å². The van der Waals surface area contributed by atoms with Crippen LogP contribution in [0.1, 0.15) is 5.82 Å². The largest absolute Gasteiger partial charge is 0.388 e. The van der Waals surface area contributed by atoms with Crippen LogP contribution < -0.4 is 0 Å². The third-order valence-electron chi connectivity index (χ3n) is 2.43. The van der Waals surface area contributed by atoms with Gasteiger partial charge in [-0.3, -0.25) is 4.98 Å². The van der Waals surface area contributed by atoms with E-state index in [1.165, 1.54) is 0 Å². The van der Waals surface area contributed by atoms with Crippen molar-refractivity contribution in [3.63, 3.8) is 0 Å². The van der Waals surface area contributed by atoms with Gasteiger partial charge in [0, 0.05) is 31.6 Å². The Labute approximate surface area is 98.9 Å². The van der Waals surface area contributed by atoms with Crippen LogP contribution in [0.2, 0.25) is 0 Å². The molecule has 0 atom stereocenters. The first-order chi connectivity index (χ1) is 8.36. The molecule has 0 saturated carbocycles. The maximum absolute atomic E-state index is 9.20. The Bertz CT molecular complexity index is 470. The van der Waals surface area contributed by atoms with E-state index in [4.69, 9.17) is 4.74 Å². The Balaban J connectivity index is 2.36. The number of aromatic nitrogens is 4. The fourth-order valence-electron chi connectivity index (χ4n) is 1.58. The molecule has 0 aromatic carbocycles. The molecule has 1 N–H and O–H groups in total. The number of hydrogen-bond acceptors (Lipinski definition) is 5. The molecule has 2 aromatic rings. The Morgan fingerprint density at radius 1 is 1.29 bits per heavy atom. The predicted molar refractivity (Wildman–Crippen MR) is 61.1 cm³/mol. The lowest BCUT2D eigenvalue weighted by Crippen LogP contribution is -2.10. The van der Waals surface area contributed by atoms with Gasteiger partial charge in [-0.2, -0.15) is 0 Å². The second kappa shape index (κ2) is 5.51. The summed E-state index contributed by atoms with van der Waals surface area (Å²) >= 11 is 0. The highest BCUT2D eigenvalue weighted by Crippen LogP contribution is 2.17. The minimum atomic E-state index is -0.137. The summed E-state index contributed by atoms with van der Waals surface area (Å²) in [4.78, 5) is 3.96. The molecule has 0 fully saturated rings. The Morgan fingerprint density at radius 3 is 2.71 bits per heavy atom. The zero-order chi connectivity index (χ0) is 12.1. The van der Waals surface area contributed by atoms with E-state index in [9.17, 15) is 5.11 Å². The summed E-state index contributed by atoms with van der Waals surface area (Å²) < 4.78 is 6.88. The molecule has 2 heterocycles. The zero-order valence-corrected chi connectivity index (χ0v) is 9.58. The van der Waals surface area contributed by atoms with Gasteiger partial charge in [0.1, 0.15) is 6.61 Å². The van der Waals surface area contributed by atoms with Crippen molar-refractivity contribution >= 4 is 0 Å². The van der Waals surface area contributed by atoms with Crippen molar-refractivity contribution in [3.05, 3.63) is 30.4 Å². The SMILES string of the molecule is COCCn1c(CO)nnc1-c1ccncc1. The third kappa shape index (κ3) is 2.48. The third-order valence-corrected chi connectivity index (χ3v) is 2.43. The van der Waals surface area contributed by atoms with Crippen LogP contribution in [0, 0.1) is 0 Å². The second-order valence-electron chi connectivity index (χ2n) is 3.48. The molecule has 0 aliphatic rings. The molecule has 6 heteroatoms. The van der Waals surface area contributed by atoms with Gasteiger partial charge in [0.15, 0.2) is 11.6 Å². The highest BCUT2D eigenvalue weighted by Gasteiger charge is 2.12. The van der Waals surface area contributed by atoms with Gasteiger partial charge >= 0.3 is 0 Å². The maximum Gasteiger partial charge on any atom is 0.164 e. The van der Waals surface area contributed by atoms with Gasteiger partial charge in [0.25, 0.3) is 0 Å². The molecule has 0 aliphatic heterocycles. The Kier molecular flexibility index (Phi) is 3.79. The Morgan fingerprint density at radius 2 is 2.06 bits per heavy atom. The monoisotopic (exact) mass is 234 g/mol. The van der Waals surface area contributed by atoms with Crippen molar-refractivity contribution in [3.8, 4) is 11.4 Å². The lowest BCUT2D eigenvalue weighted by Gasteiger charge is -2.08. The quantitative estimate of drug-likeness (QED) is 0.814. The summed E-state index contributed by atoms with van der Waals surface area (Å²) in [6.45, 7) is 1.02. The fourth-order valence-corrected chi connectivity index (χ4v) is 1.58. The number of rotatable bonds is 5. The van der Waals surface area contributed by atoms with Gasteiger partial charge in [-0.25, -0.2) is 0 Å². The number of aliphatic hydroxyl groups excluding tert-OH is 1. The van der Waals surface area contributed by atoms with Crippen LogP contribution in [0.3, 0.4) is 0 Å². The summed E-state index contributed by atoms with van der Waals surface area (Å²) in [6.07, 6.45) is 3.40. The lowest BCUT2D eigenvalue weighted by molar-refractivity contribution is 0.183. The van der Waals surface area contributed by atoms with Crippen LogP contribution in [0.25, 0.3) is 11.4 Å². The Hall–Kier alpha value is -1.79. The van der Waals surface area contributed by atoms with Gasteiger partial charge in [-0.1, -0.05) is 0 Å². The fraction of sp³-hybridized carbons (Fsp3) is 0.364. The minimum Gasteiger partial charge on any atom is -0.388 e. The van der Waals surface area contributed by atoms with Crippen molar-refractivity contribution in [2.45, 2.75) is 13.2 Å². The number of pyridine rings is 1. The van der Waals surface area contributed by atoms with Crippen molar-refractivity contribution in [1.29, 1.82) is 0 Å². The van der Waals surface area contributed by atoms with Crippen molar-refractivity contribution in [1.82, 2.24) is 19.7 Å². The first kappa shape index (κ1) is 11.7. The van der Waals surface area contributed by atoms with Crippen molar-refractivity contribution in [2.75, 3.05) is 13.7 Å². The van der Waals surface area contributed by atoms with E-state index < -0.39 is 0 Å². The van der Waals surface area contributed by atoms with Gasteiger partial charge in [0.2, 0.25) is 0 Å². The number of hydrogen-bond donors (Lipinski definition) is 1. The maximum atomic E-state index is 9.20. The first-order valence-electron chi connectivity index (χ1n) is 5.29. The van der Waals surface area contributed by atoms with Gasteiger partial charge in [-0.05, 0) is 12.1 Å². The van der Waals surface area contributed by atoms with Crippen LogP contribution in [0.4, 0.5) is 0 Å². The molecule has 0 spiro atoms. The molecule has 0 unspecified atom stereocenters. The molecule has 0 saturated heterocycles. The minimum absolute atomic E-state index is 0.137. The highest BCUT2D eigenvalue weighted by molar-refractivity contribution is 5.54. The van der Waals surface area contributed by atoms with Crippen molar-refractivity contribution in [2.24, 2.45) is 0 Å². The van der Waals surface area contributed by atoms with Gasteiger partial charge in [0.05, 0.1) is 6.61 Å². The van der Waals surface area contributed by atoms with E-state index in [1.807, 2.05) is 16.7 Å². The van der Waals surface area contributed by atoms with Crippen LogP contribution in [0.15, 0.2) is 24.5 Å². The normalized spacial score (nSPS) is 10.7. The molecule has 90 valence electrons. The van der Waals surface area contributed by atoms with Crippen LogP contribution in [0.5, 0.6) is 0 Å². The van der Waals surface area contributed by atoms with Crippen LogP contribution >= 0.6 is 0 Å². The smallest absolute Gasteiger partial charge is 0.164 e. The lowest BCUT2D eigenvalue weighted by atomic mass is 10.2. The van der Waals surface area contributed by atoms with E-state index >= 15 is 0 Å². The summed E-state index contributed by atoms with van der Waals surface area (Å²) in [6, 6.07) is 3.71. The summed E-state index contributed by atoms with van der Waals surface area (Å²) in [7, 11) is 1.63. The molecule has 0 radical (unpaired) electrons. The molecular formula is C11H14N4O2. The number of ether oxygens (including phenoxy) is 1. The molecule has 0 amide bonds. The van der Waals surface area contributed by atoms with E-state index in [0.717, 1.165) is 5.56 Å².